The fourth-order valence-corrected chi connectivity index (χ4v) is 1.78. The summed E-state index contributed by atoms with van der Waals surface area (Å²) in [7, 11) is 0. The molecular formula is C15H22FNO3. The summed E-state index contributed by atoms with van der Waals surface area (Å²) in [5, 5.41) is 0. The molecule has 0 saturated heterocycles. The minimum Gasteiger partial charge on any atom is -0.490 e. The van der Waals surface area contributed by atoms with Gasteiger partial charge in [-0.3, -0.25) is 0 Å². The molecule has 1 rings (SSSR count). The Morgan fingerprint density at radius 3 is 2.65 bits per heavy atom. The third kappa shape index (κ3) is 4.72. The molecule has 0 spiro atoms. The van der Waals surface area contributed by atoms with Crippen molar-refractivity contribution in [1.29, 1.82) is 0 Å². The van der Waals surface area contributed by atoms with E-state index in [4.69, 9.17) is 15.2 Å². The number of unbranched alkanes of at least 4 members (excludes halogenated alkanes) is 3. The van der Waals surface area contributed by atoms with Crippen molar-refractivity contribution in [2.45, 2.75) is 39.5 Å². The number of hydrogen-bond acceptors (Lipinski definition) is 4. The zero-order valence-electron chi connectivity index (χ0n) is 12.1. The van der Waals surface area contributed by atoms with Gasteiger partial charge >= 0.3 is 5.97 Å². The van der Waals surface area contributed by atoms with Crippen LogP contribution in [0.1, 0.15) is 49.9 Å². The van der Waals surface area contributed by atoms with Gasteiger partial charge in [-0.2, -0.15) is 0 Å². The van der Waals surface area contributed by atoms with E-state index in [1.165, 1.54) is 6.07 Å². The Bertz CT molecular complexity index is 449. The molecule has 5 heteroatoms. The van der Waals surface area contributed by atoms with E-state index in [1.807, 2.05) is 0 Å². The quantitative estimate of drug-likeness (QED) is 0.450. The number of carbonyl (C=O) groups excluding carboxylic acids is 1. The van der Waals surface area contributed by atoms with Gasteiger partial charge in [-0.15, -0.1) is 0 Å². The summed E-state index contributed by atoms with van der Waals surface area (Å²) in [6.45, 7) is 4.47. The summed E-state index contributed by atoms with van der Waals surface area (Å²) in [6, 6.07) is 2.40. The minimum atomic E-state index is -0.569. The maximum atomic E-state index is 13.7. The Morgan fingerprint density at radius 1 is 1.25 bits per heavy atom. The van der Waals surface area contributed by atoms with Crippen LogP contribution in [0.3, 0.4) is 0 Å². The topological polar surface area (TPSA) is 61.5 Å². The van der Waals surface area contributed by atoms with Crippen molar-refractivity contribution in [2.75, 3.05) is 18.9 Å². The molecule has 0 radical (unpaired) electrons. The second kappa shape index (κ2) is 8.40. The average molecular weight is 283 g/mol. The second-order valence-electron chi connectivity index (χ2n) is 4.50. The molecule has 112 valence electrons. The Kier molecular flexibility index (Phi) is 6.84. The van der Waals surface area contributed by atoms with E-state index < -0.39 is 11.8 Å². The lowest BCUT2D eigenvalue weighted by atomic mass is 10.1. The van der Waals surface area contributed by atoms with Gasteiger partial charge in [0.15, 0.2) is 11.6 Å². The van der Waals surface area contributed by atoms with Gasteiger partial charge in [0.1, 0.15) is 0 Å². The van der Waals surface area contributed by atoms with Gasteiger partial charge in [-0.05, 0) is 19.4 Å². The van der Waals surface area contributed by atoms with Crippen molar-refractivity contribution in [1.82, 2.24) is 0 Å². The number of anilines is 1. The van der Waals surface area contributed by atoms with Crippen molar-refractivity contribution < 1.29 is 18.7 Å². The Labute approximate surface area is 119 Å². The highest BCUT2D eigenvalue weighted by molar-refractivity contribution is 5.95. The van der Waals surface area contributed by atoms with Crippen LogP contribution in [0.2, 0.25) is 0 Å². The maximum Gasteiger partial charge on any atom is 0.340 e. The molecule has 0 saturated carbocycles. The lowest BCUT2D eigenvalue weighted by Gasteiger charge is -2.11. The number of hydrogen-bond donors (Lipinski definition) is 1. The van der Waals surface area contributed by atoms with Crippen LogP contribution in [0.5, 0.6) is 5.75 Å². The molecule has 0 amide bonds. The third-order valence-electron chi connectivity index (χ3n) is 2.85. The smallest absolute Gasteiger partial charge is 0.340 e. The first-order valence-corrected chi connectivity index (χ1v) is 6.99. The van der Waals surface area contributed by atoms with Crippen molar-refractivity contribution in [3.63, 3.8) is 0 Å². The summed E-state index contributed by atoms with van der Waals surface area (Å²) >= 11 is 0. The summed E-state index contributed by atoms with van der Waals surface area (Å²) < 4.78 is 23.9. The van der Waals surface area contributed by atoms with Crippen LogP contribution < -0.4 is 10.5 Å². The highest BCUT2D eigenvalue weighted by atomic mass is 19.1. The maximum absolute atomic E-state index is 13.7. The van der Waals surface area contributed by atoms with Gasteiger partial charge in [0.2, 0.25) is 0 Å². The first-order valence-electron chi connectivity index (χ1n) is 6.99. The van der Waals surface area contributed by atoms with E-state index in [9.17, 15) is 9.18 Å². The zero-order chi connectivity index (χ0) is 15.0. The largest absolute Gasteiger partial charge is 0.490 e. The first kappa shape index (κ1) is 16.3. The minimum absolute atomic E-state index is 0.0405. The van der Waals surface area contributed by atoms with Gasteiger partial charge in [-0.25, -0.2) is 9.18 Å². The van der Waals surface area contributed by atoms with Gasteiger partial charge in [0, 0.05) is 11.8 Å². The fraction of sp³-hybridized carbons (Fsp3) is 0.533. The summed E-state index contributed by atoms with van der Waals surface area (Å²) in [5.74, 6) is -1.09. The molecule has 20 heavy (non-hydrogen) atoms. The lowest BCUT2D eigenvalue weighted by Crippen LogP contribution is -2.10. The van der Waals surface area contributed by atoms with E-state index >= 15 is 0 Å². The number of carbonyl (C=O) groups is 1. The molecule has 0 aliphatic heterocycles. The molecule has 0 aliphatic carbocycles. The number of nitrogen functional groups attached to an aromatic ring is 1. The summed E-state index contributed by atoms with van der Waals surface area (Å²) in [4.78, 5) is 11.7. The fourth-order valence-electron chi connectivity index (χ4n) is 1.78. The molecule has 1 aromatic rings. The van der Waals surface area contributed by atoms with Crippen LogP contribution in [0.15, 0.2) is 12.1 Å². The summed E-state index contributed by atoms with van der Waals surface area (Å²) in [6.07, 6.45) is 4.15. The number of esters is 1. The van der Waals surface area contributed by atoms with E-state index in [0.717, 1.165) is 31.7 Å². The molecule has 0 bridgehead atoms. The highest BCUT2D eigenvalue weighted by Gasteiger charge is 2.16. The number of ether oxygens (including phenoxy) is 2. The molecule has 0 unspecified atom stereocenters. The van der Waals surface area contributed by atoms with E-state index in [-0.39, 0.29) is 23.6 Å². The predicted molar refractivity (Wildman–Crippen MR) is 76.4 cm³/mol. The molecule has 0 fully saturated rings. The molecule has 2 N–H and O–H groups in total. The van der Waals surface area contributed by atoms with Gasteiger partial charge < -0.3 is 15.2 Å². The van der Waals surface area contributed by atoms with Gasteiger partial charge in [0.05, 0.1) is 18.8 Å². The first-order chi connectivity index (χ1) is 9.60. The Hall–Kier alpha value is -1.78. The third-order valence-corrected chi connectivity index (χ3v) is 2.85. The van der Waals surface area contributed by atoms with E-state index in [1.54, 1.807) is 6.92 Å². The standard InChI is InChI=1S/C15H22FNO3/c1-3-5-6-7-8-20-14-9-11(15(18)19-4-2)13(17)10-12(14)16/h9-10H,3-8,17H2,1-2H3. The molecular weight excluding hydrogens is 261 g/mol. The normalized spacial score (nSPS) is 10.3. The molecule has 4 nitrogen and oxygen atoms in total. The van der Waals surface area contributed by atoms with Crippen LogP contribution in [-0.2, 0) is 4.74 Å². The van der Waals surface area contributed by atoms with E-state index in [2.05, 4.69) is 6.92 Å². The highest BCUT2D eigenvalue weighted by Crippen LogP contribution is 2.25. The number of benzene rings is 1. The number of halogens is 1. The van der Waals surface area contributed by atoms with Crippen molar-refractivity contribution in [3.8, 4) is 5.75 Å². The van der Waals surface area contributed by atoms with Crippen LogP contribution in [0.25, 0.3) is 0 Å². The van der Waals surface area contributed by atoms with Crippen molar-refractivity contribution in [2.24, 2.45) is 0 Å². The zero-order valence-corrected chi connectivity index (χ0v) is 12.1. The number of nitrogens with two attached hydrogens (primary N) is 1. The molecule has 0 aliphatic rings. The molecule has 0 heterocycles. The Balaban J connectivity index is 2.70. The van der Waals surface area contributed by atoms with Gasteiger partial charge in [0.25, 0.3) is 0 Å². The van der Waals surface area contributed by atoms with Crippen LogP contribution >= 0.6 is 0 Å². The second-order valence-corrected chi connectivity index (χ2v) is 4.50. The van der Waals surface area contributed by atoms with Crippen molar-refractivity contribution >= 4 is 11.7 Å². The monoisotopic (exact) mass is 283 g/mol. The SMILES string of the molecule is CCCCCCOc1cc(C(=O)OCC)c(N)cc1F. The average Bonchev–Trinajstić information content (AvgIpc) is 2.40. The van der Waals surface area contributed by atoms with Crippen LogP contribution in [0, 0.1) is 5.82 Å². The molecule has 0 atom stereocenters. The molecule has 1 aromatic carbocycles. The predicted octanol–water partition coefficient (Wildman–Crippen LogP) is 3.54. The van der Waals surface area contributed by atoms with Crippen LogP contribution in [-0.4, -0.2) is 19.2 Å². The van der Waals surface area contributed by atoms with Gasteiger partial charge in [-0.1, -0.05) is 26.2 Å². The summed E-state index contributed by atoms with van der Waals surface area (Å²) in [5.41, 5.74) is 5.81. The van der Waals surface area contributed by atoms with Crippen LogP contribution in [0.4, 0.5) is 10.1 Å². The Morgan fingerprint density at radius 2 is 2.00 bits per heavy atom. The van der Waals surface area contributed by atoms with E-state index in [0.29, 0.717) is 6.61 Å². The number of rotatable bonds is 8. The molecule has 0 aromatic heterocycles. The van der Waals surface area contributed by atoms with Crippen molar-refractivity contribution in [3.05, 3.63) is 23.5 Å². The lowest BCUT2D eigenvalue weighted by molar-refractivity contribution is 0.0527.